The van der Waals surface area contributed by atoms with Crippen LogP contribution in [0.15, 0.2) is 0 Å². The van der Waals surface area contributed by atoms with Gasteiger partial charge in [-0.3, -0.25) is 0 Å². The molecule has 0 aromatic heterocycles. The van der Waals surface area contributed by atoms with Crippen molar-refractivity contribution < 1.29 is 9.53 Å². The molecule has 0 bridgehead atoms. The van der Waals surface area contributed by atoms with Gasteiger partial charge in [-0.1, -0.05) is 0 Å². The van der Waals surface area contributed by atoms with Gasteiger partial charge >= 0.3 is 6.03 Å². The number of carbonyl (C=O) groups is 1. The Kier molecular flexibility index (Phi) is 9.68. The zero-order valence-electron chi connectivity index (χ0n) is 9.06. The van der Waals surface area contributed by atoms with E-state index in [0.717, 1.165) is 26.0 Å². The molecule has 0 aromatic rings. The highest BCUT2D eigenvalue weighted by molar-refractivity contribution is 5.73. The average molecular weight is 203 g/mol. The third kappa shape index (κ3) is 9.28. The van der Waals surface area contributed by atoms with Crippen LogP contribution < -0.4 is 16.0 Å². The number of amides is 2. The van der Waals surface area contributed by atoms with Crippen molar-refractivity contribution in [2.24, 2.45) is 0 Å². The Morgan fingerprint density at radius 1 is 1.14 bits per heavy atom. The molecule has 0 heterocycles. The van der Waals surface area contributed by atoms with E-state index in [0.29, 0.717) is 13.2 Å². The van der Waals surface area contributed by atoms with Crippen molar-refractivity contribution in [1.82, 2.24) is 16.0 Å². The highest BCUT2D eigenvalue weighted by Crippen LogP contribution is 1.84. The number of hydrogen-bond donors (Lipinski definition) is 3. The van der Waals surface area contributed by atoms with E-state index in [1.165, 1.54) is 0 Å². The Hall–Kier alpha value is -0.810. The van der Waals surface area contributed by atoms with Gasteiger partial charge in [-0.05, 0) is 26.4 Å². The number of ether oxygens (including phenoxy) is 1. The Bertz CT molecular complexity index is 142. The maximum Gasteiger partial charge on any atom is 0.314 e. The van der Waals surface area contributed by atoms with Gasteiger partial charge in [0.15, 0.2) is 0 Å². The zero-order chi connectivity index (χ0) is 10.6. The number of hydrogen-bond acceptors (Lipinski definition) is 3. The summed E-state index contributed by atoms with van der Waals surface area (Å²) in [5, 5.41) is 8.22. The molecule has 0 aromatic carbocycles. The maximum atomic E-state index is 10.7. The van der Waals surface area contributed by atoms with Gasteiger partial charge in [0, 0.05) is 26.8 Å². The highest BCUT2D eigenvalue weighted by Gasteiger charge is 1.94. The predicted octanol–water partition coefficient (Wildman–Crippen LogP) is -0.0684. The van der Waals surface area contributed by atoms with E-state index in [-0.39, 0.29) is 6.03 Å². The van der Waals surface area contributed by atoms with E-state index in [1.807, 2.05) is 7.05 Å². The molecule has 0 radical (unpaired) electrons. The van der Waals surface area contributed by atoms with Crippen LogP contribution in [-0.4, -0.2) is 46.4 Å². The first-order chi connectivity index (χ1) is 6.81. The van der Waals surface area contributed by atoms with E-state index in [2.05, 4.69) is 16.0 Å². The van der Waals surface area contributed by atoms with Crippen LogP contribution in [-0.2, 0) is 4.74 Å². The molecule has 3 N–H and O–H groups in total. The van der Waals surface area contributed by atoms with Crippen LogP contribution in [0.1, 0.15) is 12.8 Å². The molecular weight excluding hydrogens is 182 g/mol. The monoisotopic (exact) mass is 203 g/mol. The third-order valence-corrected chi connectivity index (χ3v) is 1.69. The first-order valence-electron chi connectivity index (χ1n) is 4.99. The lowest BCUT2D eigenvalue weighted by molar-refractivity contribution is 0.130. The molecule has 84 valence electrons. The van der Waals surface area contributed by atoms with E-state index < -0.39 is 0 Å². The normalized spacial score (nSPS) is 9.86. The van der Waals surface area contributed by atoms with E-state index >= 15 is 0 Å². The van der Waals surface area contributed by atoms with Crippen LogP contribution in [0.2, 0.25) is 0 Å². The van der Waals surface area contributed by atoms with Gasteiger partial charge in [0.2, 0.25) is 0 Å². The first-order valence-corrected chi connectivity index (χ1v) is 4.99. The van der Waals surface area contributed by atoms with Crippen LogP contribution in [0.3, 0.4) is 0 Å². The zero-order valence-corrected chi connectivity index (χ0v) is 9.06. The molecule has 0 spiro atoms. The minimum atomic E-state index is -0.139. The molecule has 0 aliphatic heterocycles. The van der Waals surface area contributed by atoms with Crippen LogP contribution in [0.25, 0.3) is 0 Å². The molecule has 0 aliphatic rings. The van der Waals surface area contributed by atoms with E-state index in [9.17, 15) is 4.79 Å². The van der Waals surface area contributed by atoms with Crippen LogP contribution in [0.4, 0.5) is 4.79 Å². The standard InChI is InChI=1S/C9H21N3O2/c1-10-5-3-7-14-8-4-6-12-9(13)11-2/h10H,3-8H2,1-2H3,(H2,11,12,13). The van der Waals surface area contributed by atoms with Crippen LogP contribution >= 0.6 is 0 Å². The van der Waals surface area contributed by atoms with Crippen molar-refractivity contribution >= 4 is 6.03 Å². The SMILES string of the molecule is CNCCCOCCCNC(=O)NC. The fraction of sp³-hybridized carbons (Fsp3) is 0.889. The second-order valence-electron chi connectivity index (χ2n) is 2.93. The molecule has 5 nitrogen and oxygen atoms in total. The summed E-state index contributed by atoms with van der Waals surface area (Å²) in [4.78, 5) is 10.7. The summed E-state index contributed by atoms with van der Waals surface area (Å²) in [5.74, 6) is 0. The van der Waals surface area contributed by atoms with Crippen LogP contribution in [0, 0.1) is 0 Å². The molecule has 14 heavy (non-hydrogen) atoms. The summed E-state index contributed by atoms with van der Waals surface area (Å²) in [6, 6.07) is -0.139. The van der Waals surface area contributed by atoms with Gasteiger partial charge < -0.3 is 20.7 Å². The molecule has 0 saturated heterocycles. The van der Waals surface area contributed by atoms with E-state index in [4.69, 9.17) is 4.74 Å². The summed E-state index contributed by atoms with van der Waals surface area (Å²) in [6.07, 6.45) is 1.88. The van der Waals surface area contributed by atoms with Crippen LogP contribution in [0.5, 0.6) is 0 Å². The third-order valence-electron chi connectivity index (χ3n) is 1.69. The second-order valence-corrected chi connectivity index (χ2v) is 2.93. The highest BCUT2D eigenvalue weighted by atomic mass is 16.5. The predicted molar refractivity (Wildman–Crippen MR) is 56.4 cm³/mol. The summed E-state index contributed by atoms with van der Waals surface area (Å²) in [5.41, 5.74) is 0. The largest absolute Gasteiger partial charge is 0.381 e. The van der Waals surface area contributed by atoms with Crippen molar-refractivity contribution in [3.8, 4) is 0 Å². The maximum absolute atomic E-state index is 10.7. The summed E-state index contributed by atoms with van der Waals surface area (Å²) in [7, 11) is 3.52. The number of nitrogens with one attached hydrogen (secondary N) is 3. The fourth-order valence-electron chi connectivity index (χ4n) is 0.918. The lowest BCUT2D eigenvalue weighted by Crippen LogP contribution is -2.33. The van der Waals surface area contributed by atoms with Gasteiger partial charge in [-0.15, -0.1) is 0 Å². The molecule has 0 rings (SSSR count). The Morgan fingerprint density at radius 2 is 1.79 bits per heavy atom. The lowest BCUT2D eigenvalue weighted by Gasteiger charge is -2.05. The quantitative estimate of drug-likeness (QED) is 0.484. The van der Waals surface area contributed by atoms with Gasteiger partial charge in [0.05, 0.1) is 0 Å². The van der Waals surface area contributed by atoms with Crippen molar-refractivity contribution in [3.05, 3.63) is 0 Å². The summed E-state index contributed by atoms with van der Waals surface area (Å²) in [6.45, 7) is 3.12. The molecule has 0 aliphatic carbocycles. The summed E-state index contributed by atoms with van der Waals surface area (Å²) >= 11 is 0. The van der Waals surface area contributed by atoms with Crippen molar-refractivity contribution in [2.75, 3.05) is 40.4 Å². The smallest absolute Gasteiger partial charge is 0.314 e. The molecule has 0 fully saturated rings. The molecule has 0 atom stereocenters. The molecule has 5 heteroatoms. The number of urea groups is 1. The Labute approximate surface area is 85.6 Å². The van der Waals surface area contributed by atoms with Crippen molar-refractivity contribution in [3.63, 3.8) is 0 Å². The minimum absolute atomic E-state index is 0.139. The van der Waals surface area contributed by atoms with Gasteiger partial charge in [0.1, 0.15) is 0 Å². The first kappa shape index (κ1) is 13.2. The Balaban J connectivity index is 2.95. The van der Waals surface area contributed by atoms with Gasteiger partial charge in [-0.2, -0.15) is 0 Å². The Morgan fingerprint density at radius 3 is 2.36 bits per heavy atom. The molecule has 0 unspecified atom stereocenters. The number of rotatable bonds is 8. The number of carbonyl (C=O) groups excluding carboxylic acids is 1. The topological polar surface area (TPSA) is 62.4 Å². The molecule has 0 saturated carbocycles. The second kappa shape index (κ2) is 10.3. The average Bonchev–Trinajstić information content (AvgIpc) is 2.21. The van der Waals surface area contributed by atoms with Crippen molar-refractivity contribution in [1.29, 1.82) is 0 Å². The van der Waals surface area contributed by atoms with Crippen molar-refractivity contribution in [2.45, 2.75) is 12.8 Å². The lowest BCUT2D eigenvalue weighted by atomic mass is 10.4. The molecular formula is C9H21N3O2. The van der Waals surface area contributed by atoms with Gasteiger partial charge in [0.25, 0.3) is 0 Å². The summed E-state index contributed by atoms with van der Waals surface area (Å²) < 4.78 is 5.34. The van der Waals surface area contributed by atoms with Gasteiger partial charge in [-0.25, -0.2) is 4.79 Å². The van der Waals surface area contributed by atoms with E-state index in [1.54, 1.807) is 7.05 Å². The fourth-order valence-corrected chi connectivity index (χ4v) is 0.918. The molecule has 2 amide bonds. The minimum Gasteiger partial charge on any atom is -0.381 e.